The highest BCUT2D eigenvalue weighted by atomic mass is 16.3. The topological polar surface area (TPSA) is 21.3 Å². The Hall–Kier alpha value is -9.44. The molecule has 4 unspecified atom stereocenters. The molecule has 11 aromatic rings. The van der Waals surface area contributed by atoms with Gasteiger partial charge >= 0.3 is 0 Å². The van der Waals surface area contributed by atoms with Gasteiger partial charge in [0.15, 0.2) is 0 Å². The number of hydrogen-bond acceptors (Lipinski definition) is 2. The summed E-state index contributed by atoms with van der Waals surface area (Å²) >= 11 is 0. The van der Waals surface area contributed by atoms with Crippen molar-refractivity contribution in [1.82, 2.24) is 4.57 Å². The lowest BCUT2D eigenvalue weighted by molar-refractivity contribution is 0.457. The van der Waals surface area contributed by atoms with Gasteiger partial charge in [0.05, 0.1) is 11.5 Å². The molecule has 9 aromatic carbocycles. The molecular formula is C79H62N2O. The Labute approximate surface area is 480 Å². The third-order valence-electron chi connectivity index (χ3n) is 18.8. The minimum Gasteiger partial charge on any atom is -0.455 e. The Bertz CT molecular complexity index is 4480. The van der Waals surface area contributed by atoms with Gasteiger partial charge in [0.1, 0.15) is 11.2 Å². The van der Waals surface area contributed by atoms with Gasteiger partial charge in [0.25, 0.3) is 0 Å². The van der Waals surface area contributed by atoms with Crippen LogP contribution in [0.4, 0.5) is 11.4 Å². The lowest BCUT2D eigenvalue weighted by Gasteiger charge is -2.39. The van der Waals surface area contributed by atoms with E-state index in [1.54, 1.807) is 0 Å². The molecule has 394 valence electrons. The molecule has 2 aromatic heterocycles. The first-order chi connectivity index (χ1) is 40.7. The summed E-state index contributed by atoms with van der Waals surface area (Å²) in [5.74, 6) is 1.10. The van der Waals surface area contributed by atoms with E-state index < -0.39 is 0 Å². The van der Waals surface area contributed by atoms with Crippen molar-refractivity contribution in [2.45, 2.75) is 55.9 Å². The molecular weight excluding hydrogens is 993 g/mol. The maximum absolute atomic E-state index is 6.89. The Balaban J connectivity index is 0.739. The van der Waals surface area contributed by atoms with E-state index in [9.17, 15) is 0 Å². The van der Waals surface area contributed by atoms with Crippen molar-refractivity contribution in [2.75, 3.05) is 4.90 Å². The molecule has 0 radical (unpaired) electrons. The molecule has 0 saturated carbocycles. The van der Waals surface area contributed by atoms with E-state index in [4.69, 9.17) is 4.42 Å². The third kappa shape index (κ3) is 7.92. The maximum Gasteiger partial charge on any atom is 0.143 e. The Kier molecular flexibility index (Phi) is 11.8. The fraction of sp³-hybridized carbons (Fsp3) is 0.139. The van der Waals surface area contributed by atoms with Crippen LogP contribution in [0, 0.1) is 11.8 Å². The zero-order chi connectivity index (χ0) is 54.1. The summed E-state index contributed by atoms with van der Waals surface area (Å²) in [7, 11) is 0. The second-order valence-corrected chi connectivity index (χ2v) is 23.2. The SMILES string of the molecule is C1=CCC(n2c3ccccc3c3cc(-c4ccc(N(C5=CCC(C6=CCCC=C6)CC5)c5ccc(-c6cccc7c6oc6ccc(-c8ccc9c(c8)C(c8ccccc8)(c8ccccc8)C8C=CC=CC98)cc67)cc5)cc4)ccc32)C=C1. The number of allylic oxidation sites excluding steroid dienone is 14. The Morgan fingerprint density at radius 3 is 1.91 bits per heavy atom. The van der Waals surface area contributed by atoms with Crippen LogP contribution in [0.2, 0.25) is 0 Å². The normalized spacial score (nSPS) is 19.7. The van der Waals surface area contributed by atoms with E-state index in [2.05, 4.69) is 289 Å². The van der Waals surface area contributed by atoms with Gasteiger partial charge in [-0.3, -0.25) is 0 Å². The van der Waals surface area contributed by atoms with Gasteiger partial charge in [-0.15, -0.1) is 0 Å². The molecule has 3 nitrogen and oxygen atoms in total. The molecule has 4 atom stereocenters. The molecule has 0 spiro atoms. The van der Waals surface area contributed by atoms with Crippen LogP contribution < -0.4 is 4.90 Å². The van der Waals surface area contributed by atoms with E-state index in [0.29, 0.717) is 12.0 Å². The number of aromatic nitrogens is 1. The third-order valence-corrected chi connectivity index (χ3v) is 18.8. The maximum atomic E-state index is 6.89. The molecule has 2 heterocycles. The molecule has 5 aliphatic carbocycles. The second-order valence-electron chi connectivity index (χ2n) is 23.2. The van der Waals surface area contributed by atoms with Crippen molar-refractivity contribution in [3.63, 3.8) is 0 Å². The monoisotopic (exact) mass is 1050 g/mol. The zero-order valence-corrected chi connectivity index (χ0v) is 45.9. The molecule has 16 rings (SSSR count). The summed E-state index contributed by atoms with van der Waals surface area (Å²) in [6.45, 7) is 0. The summed E-state index contributed by atoms with van der Waals surface area (Å²) in [5, 5.41) is 4.85. The largest absolute Gasteiger partial charge is 0.455 e. The number of anilines is 2. The number of hydrogen-bond donors (Lipinski definition) is 0. The summed E-state index contributed by atoms with van der Waals surface area (Å²) in [4.78, 5) is 2.51. The van der Waals surface area contributed by atoms with Crippen LogP contribution in [0.1, 0.15) is 72.7 Å². The highest BCUT2D eigenvalue weighted by molar-refractivity contribution is 6.11. The number of fused-ring (bicyclic) bond motifs is 9. The predicted octanol–water partition coefficient (Wildman–Crippen LogP) is 21.0. The summed E-state index contributed by atoms with van der Waals surface area (Å²) in [5.41, 5.74) is 21.7. The molecule has 82 heavy (non-hydrogen) atoms. The fourth-order valence-corrected chi connectivity index (χ4v) is 15.0. The predicted molar refractivity (Wildman–Crippen MR) is 343 cm³/mol. The quantitative estimate of drug-likeness (QED) is 0.136. The average molecular weight is 1060 g/mol. The first-order valence-electron chi connectivity index (χ1n) is 29.6. The number of nitrogens with zero attached hydrogens (tertiary/aromatic N) is 2. The molecule has 0 aliphatic heterocycles. The van der Waals surface area contributed by atoms with Crippen molar-refractivity contribution in [3.05, 3.63) is 313 Å². The van der Waals surface area contributed by atoms with Crippen LogP contribution in [-0.2, 0) is 5.41 Å². The van der Waals surface area contributed by atoms with Crippen LogP contribution in [0.3, 0.4) is 0 Å². The number of benzene rings is 9. The standard InChI is InChI=1S/C79H62N2O/c1-5-18-53(19-6-1)54-32-41-63(42-33-54)80(64-43-34-55(35-44-64)57-39-48-76-71(50-57)69-27-14-16-31-75(69)81(76)62-24-11-4-12-25-62)65-45-36-56(37-46-65)66-28-17-29-70-72-51-58(40-49-77(72)82-78(66)70)59-38-47-68-67-26-13-15-30-73(67)79(74(68)52-59,60-20-7-2-8-21-60)61-22-9-3-10-23-61/h2-5,7-24,26-31,34-41,43-52,54,62,67,73H,1,6,25,32-33,42H2. The van der Waals surface area contributed by atoms with Crippen molar-refractivity contribution in [2.24, 2.45) is 11.8 Å². The fourth-order valence-electron chi connectivity index (χ4n) is 15.0. The molecule has 0 amide bonds. The van der Waals surface area contributed by atoms with Crippen LogP contribution in [0.25, 0.3) is 77.1 Å². The zero-order valence-electron chi connectivity index (χ0n) is 45.9. The van der Waals surface area contributed by atoms with Gasteiger partial charge in [0.2, 0.25) is 0 Å². The van der Waals surface area contributed by atoms with Crippen molar-refractivity contribution < 1.29 is 4.42 Å². The minimum absolute atomic E-state index is 0.254. The molecule has 3 heteroatoms. The van der Waals surface area contributed by atoms with E-state index in [1.165, 1.54) is 83.3 Å². The lowest BCUT2D eigenvalue weighted by atomic mass is 9.63. The lowest BCUT2D eigenvalue weighted by Crippen LogP contribution is -2.35. The van der Waals surface area contributed by atoms with Gasteiger partial charge in [-0.1, -0.05) is 219 Å². The van der Waals surface area contributed by atoms with Gasteiger partial charge in [-0.2, -0.15) is 0 Å². The van der Waals surface area contributed by atoms with Gasteiger partial charge in [0, 0.05) is 67.0 Å². The van der Waals surface area contributed by atoms with Crippen LogP contribution in [0.5, 0.6) is 0 Å². The van der Waals surface area contributed by atoms with E-state index in [1.807, 2.05) is 0 Å². The van der Waals surface area contributed by atoms with Crippen LogP contribution in [-0.4, -0.2) is 4.57 Å². The van der Waals surface area contributed by atoms with Crippen molar-refractivity contribution >= 4 is 55.1 Å². The summed E-state index contributed by atoms with van der Waals surface area (Å²) < 4.78 is 9.41. The number of para-hydroxylation sites is 2. The molecule has 0 fully saturated rings. The van der Waals surface area contributed by atoms with Gasteiger partial charge in [-0.05, 0) is 161 Å². The Morgan fingerprint density at radius 2 is 1.16 bits per heavy atom. The van der Waals surface area contributed by atoms with Crippen molar-refractivity contribution in [1.29, 1.82) is 0 Å². The van der Waals surface area contributed by atoms with Crippen LogP contribution in [0.15, 0.2) is 295 Å². The molecule has 0 N–H and O–H groups in total. The Morgan fingerprint density at radius 1 is 0.488 bits per heavy atom. The number of furan rings is 1. The molecule has 0 saturated heterocycles. The van der Waals surface area contributed by atoms with Crippen molar-refractivity contribution in [3.8, 4) is 33.4 Å². The van der Waals surface area contributed by atoms with Gasteiger partial charge < -0.3 is 13.9 Å². The average Bonchev–Trinajstić information content (AvgIpc) is 2.50. The van der Waals surface area contributed by atoms with Crippen LogP contribution >= 0.6 is 0 Å². The first-order valence-corrected chi connectivity index (χ1v) is 29.6. The first kappa shape index (κ1) is 48.5. The minimum atomic E-state index is -0.343. The molecule has 0 bridgehead atoms. The summed E-state index contributed by atoms with van der Waals surface area (Å²) in [6, 6.07) is 77.7. The highest BCUT2D eigenvalue weighted by Gasteiger charge is 2.53. The second kappa shape index (κ2) is 20.0. The van der Waals surface area contributed by atoms with E-state index in [0.717, 1.165) is 77.3 Å². The van der Waals surface area contributed by atoms with E-state index in [-0.39, 0.29) is 17.3 Å². The molecule has 5 aliphatic rings. The summed E-state index contributed by atoms with van der Waals surface area (Å²) in [6.07, 6.45) is 34.5. The number of rotatable bonds is 10. The smallest absolute Gasteiger partial charge is 0.143 e. The van der Waals surface area contributed by atoms with E-state index >= 15 is 0 Å². The van der Waals surface area contributed by atoms with Gasteiger partial charge in [-0.25, -0.2) is 0 Å². The highest BCUT2D eigenvalue weighted by Crippen LogP contribution is 2.60.